The summed E-state index contributed by atoms with van der Waals surface area (Å²) in [5, 5.41) is 0. The molecule has 1 unspecified atom stereocenters. The molecule has 4 nitrogen and oxygen atoms in total. The molecule has 2 heterocycles. The Kier molecular flexibility index (Phi) is 3.49. The van der Waals surface area contributed by atoms with Gasteiger partial charge in [0.05, 0.1) is 17.9 Å². The van der Waals surface area contributed by atoms with Crippen molar-refractivity contribution in [2.45, 2.75) is 31.7 Å². The fraction of sp³-hybridized carbons (Fsp3) is 0.636. The Morgan fingerprint density at radius 2 is 2.25 bits per heavy atom. The summed E-state index contributed by atoms with van der Waals surface area (Å²) in [6.07, 6.45) is 5.62. The van der Waals surface area contributed by atoms with Crippen LogP contribution in [0.3, 0.4) is 0 Å². The Labute approximate surface area is 100 Å². The Morgan fingerprint density at radius 3 is 2.88 bits per heavy atom. The maximum atomic E-state index is 12.1. The SMILES string of the molecule is CC(C(=O)N1CCCC1)n1cncc1CCl. The lowest BCUT2D eigenvalue weighted by molar-refractivity contribution is -0.133. The first-order valence-electron chi connectivity index (χ1n) is 5.59. The van der Waals surface area contributed by atoms with Crippen LogP contribution < -0.4 is 0 Å². The molecule has 1 fully saturated rings. The summed E-state index contributed by atoms with van der Waals surface area (Å²) in [6, 6.07) is -0.200. The van der Waals surface area contributed by atoms with Gasteiger partial charge in [-0.05, 0) is 19.8 Å². The molecule has 2 rings (SSSR count). The second kappa shape index (κ2) is 4.87. The first kappa shape index (κ1) is 11.5. The van der Waals surface area contributed by atoms with E-state index in [0.29, 0.717) is 5.88 Å². The highest BCUT2D eigenvalue weighted by atomic mass is 35.5. The van der Waals surface area contributed by atoms with Crippen molar-refractivity contribution >= 4 is 17.5 Å². The molecule has 0 radical (unpaired) electrons. The molecule has 0 N–H and O–H groups in total. The number of imidazole rings is 1. The van der Waals surface area contributed by atoms with Gasteiger partial charge in [-0.25, -0.2) is 4.98 Å². The van der Waals surface area contributed by atoms with Crippen LogP contribution in [-0.2, 0) is 10.7 Å². The zero-order chi connectivity index (χ0) is 11.5. The number of halogens is 1. The molecule has 0 aliphatic carbocycles. The molecule has 88 valence electrons. The van der Waals surface area contributed by atoms with E-state index in [1.807, 2.05) is 16.4 Å². The van der Waals surface area contributed by atoms with Crippen molar-refractivity contribution in [2.24, 2.45) is 0 Å². The summed E-state index contributed by atoms with van der Waals surface area (Å²) < 4.78 is 1.85. The van der Waals surface area contributed by atoms with E-state index in [9.17, 15) is 4.79 Å². The molecule has 1 aromatic heterocycles. The fourth-order valence-electron chi connectivity index (χ4n) is 2.10. The number of nitrogens with zero attached hydrogens (tertiary/aromatic N) is 3. The van der Waals surface area contributed by atoms with Crippen LogP contribution in [0.1, 0.15) is 31.5 Å². The van der Waals surface area contributed by atoms with Gasteiger partial charge in [0.25, 0.3) is 0 Å². The molecule has 0 spiro atoms. The number of carbonyl (C=O) groups is 1. The third-order valence-electron chi connectivity index (χ3n) is 3.08. The van der Waals surface area contributed by atoms with Crippen LogP contribution >= 0.6 is 11.6 Å². The maximum Gasteiger partial charge on any atom is 0.245 e. The molecule has 1 aliphatic rings. The molecular weight excluding hydrogens is 226 g/mol. The van der Waals surface area contributed by atoms with Crippen molar-refractivity contribution in [3.05, 3.63) is 18.2 Å². The molecule has 1 amide bonds. The number of rotatable bonds is 3. The Morgan fingerprint density at radius 1 is 1.56 bits per heavy atom. The van der Waals surface area contributed by atoms with Crippen LogP contribution in [-0.4, -0.2) is 33.4 Å². The lowest BCUT2D eigenvalue weighted by Gasteiger charge is -2.22. The monoisotopic (exact) mass is 241 g/mol. The van der Waals surface area contributed by atoms with E-state index in [1.54, 1.807) is 12.5 Å². The lowest BCUT2D eigenvalue weighted by atomic mass is 10.2. The van der Waals surface area contributed by atoms with E-state index in [-0.39, 0.29) is 11.9 Å². The van der Waals surface area contributed by atoms with Gasteiger partial charge >= 0.3 is 0 Å². The highest BCUT2D eigenvalue weighted by molar-refractivity contribution is 6.16. The highest BCUT2D eigenvalue weighted by Crippen LogP contribution is 2.18. The summed E-state index contributed by atoms with van der Waals surface area (Å²) in [6.45, 7) is 3.67. The van der Waals surface area contributed by atoms with Crippen LogP contribution in [0, 0.1) is 0 Å². The van der Waals surface area contributed by atoms with Crippen molar-refractivity contribution in [3.8, 4) is 0 Å². The number of aromatic nitrogens is 2. The molecule has 0 saturated carbocycles. The van der Waals surface area contributed by atoms with E-state index < -0.39 is 0 Å². The summed E-state index contributed by atoms with van der Waals surface area (Å²) in [5.41, 5.74) is 0.890. The highest BCUT2D eigenvalue weighted by Gasteiger charge is 2.25. The van der Waals surface area contributed by atoms with Gasteiger partial charge < -0.3 is 9.47 Å². The summed E-state index contributed by atoms with van der Waals surface area (Å²) in [5.74, 6) is 0.555. The van der Waals surface area contributed by atoms with Gasteiger partial charge in [-0.3, -0.25) is 4.79 Å². The molecule has 1 saturated heterocycles. The number of hydrogen-bond donors (Lipinski definition) is 0. The van der Waals surface area contributed by atoms with Gasteiger partial charge in [0.2, 0.25) is 5.91 Å². The third-order valence-corrected chi connectivity index (χ3v) is 3.35. The molecule has 0 aromatic carbocycles. The quantitative estimate of drug-likeness (QED) is 0.757. The first-order chi connectivity index (χ1) is 7.74. The standard InChI is InChI=1S/C11H16ClN3O/c1-9(11(16)14-4-2-3-5-14)15-8-13-7-10(15)6-12/h7-9H,2-6H2,1H3. The van der Waals surface area contributed by atoms with Crippen LogP contribution in [0.2, 0.25) is 0 Å². The molecule has 1 atom stereocenters. The van der Waals surface area contributed by atoms with Crippen molar-refractivity contribution in [2.75, 3.05) is 13.1 Å². The Bertz CT molecular complexity index is 371. The summed E-state index contributed by atoms with van der Waals surface area (Å²) in [7, 11) is 0. The van der Waals surface area contributed by atoms with Crippen LogP contribution in [0.5, 0.6) is 0 Å². The van der Waals surface area contributed by atoms with E-state index in [0.717, 1.165) is 31.6 Å². The van der Waals surface area contributed by atoms with Crippen LogP contribution in [0.25, 0.3) is 0 Å². The van der Waals surface area contributed by atoms with E-state index >= 15 is 0 Å². The third kappa shape index (κ3) is 2.07. The maximum absolute atomic E-state index is 12.1. The first-order valence-corrected chi connectivity index (χ1v) is 6.13. The molecule has 5 heteroatoms. The normalized spacial score (nSPS) is 17.8. The molecule has 1 aromatic rings. The number of amides is 1. The van der Waals surface area contributed by atoms with E-state index in [2.05, 4.69) is 4.98 Å². The van der Waals surface area contributed by atoms with Crippen molar-refractivity contribution in [1.82, 2.24) is 14.5 Å². The minimum atomic E-state index is -0.200. The molecule has 16 heavy (non-hydrogen) atoms. The van der Waals surface area contributed by atoms with Gasteiger partial charge in [-0.2, -0.15) is 0 Å². The van der Waals surface area contributed by atoms with Gasteiger partial charge in [0, 0.05) is 19.3 Å². The van der Waals surface area contributed by atoms with Crippen LogP contribution in [0.15, 0.2) is 12.5 Å². The average Bonchev–Trinajstić information content (AvgIpc) is 2.97. The van der Waals surface area contributed by atoms with Crippen molar-refractivity contribution in [1.29, 1.82) is 0 Å². The number of hydrogen-bond acceptors (Lipinski definition) is 2. The minimum absolute atomic E-state index is 0.168. The average molecular weight is 242 g/mol. The van der Waals surface area contributed by atoms with Gasteiger partial charge in [-0.1, -0.05) is 0 Å². The Balaban J connectivity index is 2.11. The molecule has 0 bridgehead atoms. The van der Waals surface area contributed by atoms with Crippen LogP contribution in [0.4, 0.5) is 0 Å². The number of alkyl halides is 1. The van der Waals surface area contributed by atoms with Gasteiger partial charge in [0.1, 0.15) is 6.04 Å². The predicted molar refractivity (Wildman–Crippen MR) is 62.3 cm³/mol. The number of likely N-dealkylation sites (tertiary alicyclic amines) is 1. The molecular formula is C11H16ClN3O. The topological polar surface area (TPSA) is 38.1 Å². The smallest absolute Gasteiger partial charge is 0.245 e. The van der Waals surface area contributed by atoms with Gasteiger partial charge in [-0.15, -0.1) is 11.6 Å². The lowest BCUT2D eigenvalue weighted by Crippen LogP contribution is -2.34. The largest absolute Gasteiger partial charge is 0.341 e. The van der Waals surface area contributed by atoms with E-state index in [1.165, 1.54) is 0 Å². The minimum Gasteiger partial charge on any atom is -0.341 e. The summed E-state index contributed by atoms with van der Waals surface area (Å²) >= 11 is 5.80. The van der Waals surface area contributed by atoms with Gasteiger partial charge in [0.15, 0.2) is 0 Å². The van der Waals surface area contributed by atoms with Crippen molar-refractivity contribution in [3.63, 3.8) is 0 Å². The second-order valence-corrected chi connectivity index (χ2v) is 4.40. The van der Waals surface area contributed by atoms with E-state index in [4.69, 9.17) is 11.6 Å². The predicted octanol–water partition coefficient (Wildman–Crippen LogP) is 1.81. The number of carbonyl (C=O) groups excluding carboxylic acids is 1. The molecule has 1 aliphatic heterocycles. The second-order valence-electron chi connectivity index (χ2n) is 4.13. The van der Waals surface area contributed by atoms with Crippen molar-refractivity contribution < 1.29 is 4.79 Å². The Hall–Kier alpha value is -1.03. The zero-order valence-electron chi connectivity index (χ0n) is 9.40. The zero-order valence-corrected chi connectivity index (χ0v) is 10.2. The fourth-order valence-corrected chi connectivity index (χ4v) is 2.31. The summed E-state index contributed by atoms with van der Waals surface area (Å²) in [4.78, 5) is 18.1.